The van der Waals surface area contributed by atoms with Crippen LogP contribution in [0.1, 0.15) is 16.8 Å². The lowest BCUT2D eigenvalue weighted by Crippen LogP contribution is -2.36. The Kier molecular flexibility index (Phi) is 5.88. The lowest BCUT2D eigenvalue weighted by Gasteiger charge is -2.26. The number of carbonyl (C=O) groups is 1. The summed E-state index contributed by atoms with van der Waals surface area (Å²) in [7, 11) is 2.15. The molecule has 0 aliphatic carbocycles. The van der Waals surface area contributed by atoms with Gasteiger partial charge in [0.1, 0.15) is 0 Å². The first-order valence-corrected chi connectivity index (χ1v) is 9.06. The van der Waals surface area contributed by atoms with Crippen molar-refractivity contribution in [1.29, 1.82) is 0 Å². The molecule has 25 heavy (non-hydrogen) atoms. The van der Waals surface area contributed by atoms with Crippen molar-refractivity contribution < 1.29 is 9.90 Å². The zero-order valence-corrected chi connectivity index (χ0v) is 14.9. The van der Waals surface area contributed by atoms with E-state index in [0.29, 0.717) is 24.6 Å². The molecule has 2 aliphatic rings. The highest BCUT2D eigenvalue weighted by atomic mass is 16.3. The molecule has 1 amide bonds. The summed E-state index contributed by atoms with van der Waals surface area (Å²) in [6.45, 7) is 6.58. The van der Waals surface area contributed by atoms with E-state index in [4.69, 9.17) is 0 Å². The summed E-state index contributed by atoms with van der Waals surface area (Å²) < 4.78 is 0. The zero-order valence-electron chi connectivity index (χ0n) is 14.9. The quantitative estimate of drug-likeness (QED) is 0.781. The average molecular weight is 348 g/mol. The molecule has 7 heteroatoms. The summed E-state index contributed by atoms with van der Waals surface area (Å²) >= 11 is 0. The van der Waals surface area contributed by atoms with E-state index in [1.54, 1.807) is 6.07 Å². The second kappa shape index (κ2) is 8.12. The van der Waals surface area contributed by atoms with Crippen LogP contribution in [0.4, 0.5) is 0 Å². The number of aromatic nitrogens is 1. The van der Waals surface area contributed by atoms with Gasteiger partial charge in [-0.25, -0.2) is 0 Å². The van der Waals surface area contributed by atoms with Crippen LogP contribution in [-0.4, -0.2) is 90.2 Å². The number of rotatable bonds is 4. The molecule has 2 N–H and O–H groups in total. The van der Waals surface area contributed by atoms with Gasteiger partial charge in [-0.15, -0.1) is 0 Å². The fourth-order valence-electron chi connectivity index (χ4n) is 3.86. The number of nitrogens with one attached hydrogen (secondary N) is 1. The van der Waals surface area contributed by atoms with Crippen LogP contribution in [0, 0.1) is 11.8 Å². The molecule has 3 heterocycles. The van der Waals surface area contributed by atoms with Gasteiger partial charge in [0.25, 0.3) is 5.91 Å². The van der Waals surface area contributed by atoms with Crippen molar-refractivity contribution in [1.82, 2.24) is 19.7 Å². The molecule has 0 saturated carbocycles. The standard InChI is InChI=1S/C18H28N4O3/c1-20-5-2-6-21(8-7-20)10-15-11-22(12-16(15)13-23)18(25)14-3-4-17(24)19-9-14/h3-4,9,15-16,23H,2,5-8,10-13H2,1H3,(H,19,24). The van der Waals surface area contributed by atoms with E-state index >= 15 is 0 Å². The predicted molar refractivity (Wildman–Crippen MR) is 95.6 cm³/mol. The van der Waals surface area contributed by atoms with Crippen molar-refractivity contribution in [2.24, 2.45) is 11.8 Å². The molecule has 2 fully saturated rings. The van der Waals surface area contributed by atoms with E-state index in [9.17, 15) is 14.7 Å². The van der Waals surface area contributed by atoms with Gasteiger partial charge in [0.2, 0.25) is 5.56 Å². The van der Waals surface area contributed by atoms with Gasteiger partial charge in [0.05, 0.1) is 5.56 Å². The Bertz CT molecular complexity index is 627. The molecule has 0 bridgehead atoms. The molecular weight excluding hydrogens is 320 g/mol. The van der Waals surface area contributed by atoms with Crippen molar-refractivity contribution in [3.8, 4) is 0 Å². The molecule has 3 rings (SSSR count). The summed E-state index contributed by atoms with van der Waals surface area (Å²) in [5.41, 5.74) is 0.281. The number of aromatic amines is 1. The summed E-state index contributed by atoms with van der Waals surface area (Å²) in [5.74, 6) is 0.334. The maximum Gasteiger partial charge on any atom is 0.255 e. The molecule has 0 radical (unpaired) electrons. The third-order valence-corrected chi connectivity index (χ3v) is 5.43. The molecule has 2 saturated heterocycles. The number of hydrogen-bond acceptors (Lipinski definition) is 5. The number of likely N-dealkylation sites (N-methyl/N-ethyl adjacent to an activating group) is 1. The van der Waals surface area contributed by atoms with Crippen LogP contribution >= 0.6 is 0 Å². The summed E-state index contributed by atoms with van der Waals surface area (Å²) in [6, 6.07) is 2.94. The van der Waals surface area contributed by atoms with E-state index in [1.165, 1.54) is 12.3 Å². The normalized spacial score (nSPS) is 25.9. The van der Waals surface area contributed by atoms with Crippen LogP contribution in [-0.2, 0) is 0 Å². The smallest absolute Gasteiger partial charge is 0.255 e. The van der Waals surface area contributed by atoms with Crippen molar-refractivity contribution in [2.75, 3.05) is 59.5 Å². The molecule has 2 aliphatic heterocycles. The number of carbonyl (C=O) groups excluding carboxylic acids is 1. The number of H-pyrrole nitrogens is 1. The molecular formula is C18H28N4O3. The second-order valence-corrected chi connectivity index (χ2v) is 7.31. The summed E-state index contributed by atoms with van der Waals surface area (Å²) in [6.07, 6.45) is 2.63. The molecule has 1 aromatic rings. The first-order valence-electron chi connectivity index (χ1n) is 9.06. The number of amides is 1. The molecule has 1 aromatic heterocycles. The van der Waals surface area contributed by atoms with Crippen LogP contribution in [0.15, 0.2) is 23.1 Å². The third kappa shape index (κ3) is 4.48. The van der Waals surface area contributed by atoms with Gasteiger partial charge in [-0.1, -0.05) is 0 Å². The number of likely N-dealkylation sites (tertiary alicyclic amines) is 1. The molecule has 2 atom stereocenters. The number of aliphatic hydroxyl groups excluding tert-OH is 1. The van der Waals surface area contributed by atoms with E-state index in [2.05, 4.69) is 21.8 Å². The summed E-state index contributed by atoms with van der Waals surface area (Å²) in [5, 5.41) is 9.76. The van der Waals surface area contributed by atoms with E-state index in [0.717, 1.165) is 39.1 Å². The van der Waals surface area contributed by atoms with Crippen molar-refractivity contribution >= 4 is 5.91 Å². The highest BCUT2D eigenvalue weighted by molar-refractivity contribution is 5.94. The molecule has 2 unspecified atom stereocenters. The van der Waals surface area contributed by atoms with Crippen LogP contribution < -0.4 is 5.56 Å². The third-order valence-electron chi connectivity index (χ3n) is 5.43. The number of aliphatic hydroxyl groups is 1. The fourth-order valence-corrected chi connectivity index (χ4v) is 3.86. The Morgan fingerprint density at radius 1 is 1.20 bits per heavy atom. The van der Waals surface area contributed by atoms with Gasteiger partial charge in [0, 0.05) is 57.5 Å². The van der Waals surface area contributed by atoms with Crippen molar-refractivity contribution in [3.63, 3.8) is 0 Å². The Morgan fingerprint density at radius 2 is 2.00 bits per heavy atom. The summed E-state index contributed by atoms with van der Waals surface area (Å²) in [4.78, 5) is 33.0. The maximum absolute atomic E-state index is 12.7. The largest absolute Gasteiger partial charge is 0.396 e. The Labute approximate surface area is 148 Å². The predicted octanol–water partition coefficient (Wildman–Crippen LogP) is -0.307. The maximum atomic E-state index is 12.7. The van der Waals surface area contributed by atoms with Crippen LogP contribution in [0.5, 0.6) is 0 Å². The monoisotopic (exact) mass is 348 g/mol. The van der Waals surface area contributed by atoms with Gasteiger partial charge in [0.15, 0.2) is 0 Å². The first kappa shape index (κ1) is 18.1. The molecule has 0 spiro atoms. The van der Waals surface area contributed by atoms with Gasteiger partial charge in [-0.05, 0) is 38.5 Å². The van der Waals surface area contributed by atoms with E-state index in [1.807, 2.05) is 4.90 Å². The highest BCUT2D eigenvalue weighted by Crippen LogP contribution is 2.25. The van der Waals surface area contributed by atoms with Crippen molar-refractivity contribution in [2.45, 2.75) is 6.42 Å². The average Bonchev–Trinajstić information content (AvgIpc) is 2.91. The lowest BCUT2D eigenvalue weighted by molar-refractivity contribution is 0.0778. The minimum Gasteiger partial charge on any atom is -0.396 e. The van der Waals surface area contributed by atoms with E-state index < -0.39 is 0 Å². The van der Waals surface area contributed by atoms with Crippen LogP contribution in [0.25, 0.3) is 0 Å². The topological polar surface area (TPSA) is 79.9 Å². The Hall–Kier alpha value is -1.70. The molecule has 7 nitrogen and oxygen atoms in total. The Morgan fingerprint density at radius 3 is 2.72 bits per heavy atom. The van der Waals surface area contributed by atoms with Crippen molar-refractivity contribution in [3.05, 3.63) is 34.2 Å². The minimum absolute atomic E-state index is 0.0761. The van der Waals surface area contributed by atoms with Crippen LogP contribution in [0.2, 0.25) is 0 Å². The molecule has 0 aromatic carbocycles. The van der Waals surface area contributed by atoms with Crippen LogP contribution in [0.3, 0.4) is 0 Å². The SMILES string of the molecule is CN1CCCN(CC2CN(C(=O)c3ccc(=O)[nH]c3)CC2CO)CC1. The highest BCUT2D eigenvalue weighted by Gasteiger charge is 2.36. The molecule has 138 valence electrons. The minimum atomic E-state index is -0.213. The van der Waals surface area contributed by atoms with Gasteiger partial charge < -0.3 is 24.8 Å². The van der Waals surface area contributed by atoms with Gasteiger partial charge in [-0.2, -0.15) is 0 Å². The van der Waals surface area contributed by atoms with Gasteiger partial charge >= 0.3 is 0 Å². The Balaban J connectivity index is 1.62. The first-order chi connectivity index (χ1) is 12.1. The number of nitrogens with zero attached hydrogens (tertiary/aromatic N) is 3. The second-order valence-electron chi connectivity index (χ2n) is 7.31. The van der Waals surface area contributed by atoms with E-state index in [-0.39, 0.29) is 24.0 Å². The zero-order chi connectivity index (χ0) is 17.8. The van der Waals surface area contributed by atoms with Gasteiger partial charge in [-0.3, -0.25) is 9.59 Å². The lowest BCUT2D eigenvalue weighted by atomic mass is 9.96. The fraction of sp³-hybridized carbons (Fsp3) is 0.667. The number of pyridine rings is 1. The number of hydrogen-bond donors (Lipinski definition) is 2.